The van der Waals surface area contributed by atoms with Gasteiger partial charge >= 0.3 is 0 Å². The molecule has 4 atom stereocenters. The van der Waals surface area contributed by atoms with Gasteiger partial charge in [-0.2, -0.15) is 0 Å². The van der Waals surface area contributed by atoms with Crippen molar-refractivity contribution < 1.29 is 39.6 Å². The summed E-state index contributed by atoms with van der Waals surface area (Å²) in [5, 5.41) is 46.3. The van der Waals surface area contributed by atoms with E-state index in [4.69, 9.17) is 0 Å². The van der Waals surface area contributed by atoms with Gasteiger partial charge in [0.15, 0.2) is 17.2 Å². The van der Waals surface area contributed by atoms with Crippen molar-refractivity contribution >= 4 is 28.9 Å². The van der Waals surface area contributed by atoms with Crippen LogP contribution in [0.3, 0.4) is 0 Å². The third-order valence-electron chi connectivity index (χ3n) is 10.6. The summed E-state index contributed by atoms with van der Waals surface area (Å²) >= 11 is 0. The standard InChI is InChI=1S/C38H44O8/c1-7-8-9-10-24(40)17-22-11-13-23(14-12-22)25-15-16-27(41)29-26(25)18-36(5)19-37(6)30(20(2)3)32(42)28(21(4)39)34(44)38(37,46)35(45)31(36)33(29)43/h11-16,20,30,41,43-44,46H,7-10,17-19H2,1-6H3/t30?,36-,37-,38+/m1/s1. The summed E-state index contributed by atoms with van der Waals surface area (Å²) in [6.45, 7) is 10.1. The highest BCUT2D eigenvalue weighted by Crippen LogP contribution is 2.65. The van der Waals surface area contributed by atoms with E-state index >= 15 is 0 Å². The molecule has 8 heteroatoms. The fourth-order valence-electron chi connectivity index (χ4n) is 8.68. The van der Waals surface area contributed by atoms with Crippen LogP contribution < -0.4 is 0 Å². The molecule has 0 saturated heterocycles. The van der Waals surface area contributed by atoms with E-state index in [-0.39, 0.29) is 35.5 Å². The van der Waals surface area contributed by atoms with E-state index in [0.29, 0.717) is 18.4 Å². The second-order valence-corrected chi connectivity index (χ2v) is 14.3. The minimum absolute atomic E-state index is 0.0269. The van der Waals surface area contributed by atoms with Gasteiger partial charge in [-0.3, -0.25) is 19.2 Å². The lowest BCUT2D eigenvalue weighted by Crippen LogP contribution is -2.69. The van der Waals surface area contributed by atoms with Gasteiger partial charge in [-0.05, 0) is 60.4 Å². The van der Waals surface area contributed by atoms with Crippen molar-refractivity contribution in [2.45, 2.75) is 92.1 Å². The predicted molar refractivity (Wildman–Crippen MR) is 174 cm³/mol. The lowest BCUT2D eigenvalue weighted by molar-refractivity contribution is -0.178. The van der Waals surface area contributed by atoms with Crippen molar-refractivity contribution in [3.05, 3.63) is 70.0 Å². The second kappa shape index (κ2) is 11.6. The first-order chi connectivity index (χ1) is 21.5. The Morgan fingerprint density at radius 1 is 0.978 bits per heavy atom. The van der Waals surface area contributed by atoms with Crippen molar-refractivity contribution in [1.29, 1.82) is 0 Å². The van der Waals surface area contributed by atoms with E-state index in [2.05, 4.69) is 6.92 Å². The molecule has 1 unspecified atom stereocenters. The number of carbonyl (C=O) groups is 4. The molecule has 5 rings (SSSR count). The van der Waals surface area contributed by atoms with Crippen LogP contribution in [-0.2, 0) is 32.0 Å². The first-order valence-corrected chi connectivity index (χ1v) is 16.2. The van der Waals surface area contributed by atoms with E-state index in [1.165, 1.54) is 6.07 Å². The molecule has 244 valence electrons. The number of phenolic OH excluding ortho intramolecular Hbond substituents is 1. The summed E-state index contributed by atoms with van der Waals surface area (Å²) in [5.74, 6) is -5.28. The van der Waals surface area contributed by atoms with Crippen LogP contribution in [0.4, 0.5) is 0 Å². The van der Waals surface area contributed by atoms with Crippen LogP contribution in [0.25, 0.3) is 16.9 Å². The number of unbranched alkanes of at least 4 members (excludes halogenated alkanes) is 2. The van der Waals surface area contributed by atoms with Crippen LogP contribution >= 0.6 is 0 Å². The highest BCUT2D eigenvalue weighted by Gasteiger charge is 2.72. The lowest BCUT2D eigenvalue weighted by Gasteiger charge is -2.59. The fourth-order valence-corrected chi connectivity index (χ4v) is 8.68. The Bertz CT molecular complexity index is 1710. The van der Waals surface area contributed by atoms with Crippen LogP contribution in [0.1, 0.15) is 90.3 Å². The SMILES string of the molecule is CCCCCC(=O)Cc1ccc(-c2ccc(O)c3c2C[C@]2(C)C[C@]4(C)C(C(C)C)C(=O)C(C(C)=O)=C(O)[C@]4(O)C(=O)C2=C3O)cc1. The Balaban J connectivity index is 1.63. The van der Waals surface area contributed by atoms with E-state index in [0.717, 1.165) is 42.9 Å². The summed E-state index contributed by atoms with van der Waals surface area (Å²) in [6.07, 6.45) is 4.05. The van der Waals surface area contributed by atoms with Crippen molar-refractivity contribution in [2.24, 2.45) is 22.7 Å². The normalized spacial score (nSPS) is 27.4. The van der Waals surface area contributed by atoms with Gasteiger partial charge < -0.3 is 20.4 Å². The molecule has 1 fully saturated rings. The molecule has 0 bridgehead atoms. The smallest absolute Gasteiger partial charge is 0.203 e. The second-order valence-electron chi connectivity index (χ2n) is 14.3. The van der Waals surface area contributed by atoms with Gasteiger partial charge in [0.05, 0.1) is 5.56 Å². The average molecular weight is 629 g/mol. The Kier molecular flexibility index (Phi) is 8.43. The molecule has 1 saturated carbocycles. The lowest BCUT2D eigenvalue weighted by atomic mass is 9.43. The summed E-state index contributed by atoms with van der Waals surface area (Å²) in [5.41, 5.74) is -2.96. The number of hydrogen-bond donors (Lipinski definition) is 4. The van der Waals surface area contributed by atoms with Gasteiger partial charge in [0.25, 0.3) is 0 Å². The number of aliphatic hydroxyl groups excluding tert-OH is 2. The van der Waals surface area contributed by atoms with Crippen LogP contribution in [-0.4, -0.2) is 49.2 Å². The first kappa shape index (κ1) is 33.3. The molecule has 0 aliphatic heterocycles. The van der Waals surface area contributed by atoms with E-state index in [1.54, 1.807) is 33.8 Å². The number of benzene rings is 2. The third-order valence-corrected chi connectivity index (χ3v) is 10.6. The Hall–Kier alpha value is -4.04. The number of fused-ring (bicyclic) bond motifs is 3. The van der Waals surface area contributed by atoms with Gasteiger partial charge in [0, 0.05) is 35.2 Å². The zero-order valence-corrected chi connectivity index (χ0v) is 27.5. The van der Waals surface area contributed by atoms with Crippen LogP contribution in [0, 0.1) is 22.7 Å². The van der Waals surface area contributed by atoms with Crippen LogP contribution in [0.15, 0.2) is 53.3 Å². The molecule has 46 heavy (non-hydrogen) atoms. The molecule has 3 aliphatic rings. The van der Waals surface area contributed by atoms with Crippen molar-refractivity contribution in [3.8, 4) is 16.9 Å². The van der Waals surface area contributed by atoms with E-state index < -0.39 is 62.7 Å². The molecule has 4 N–H and O–H groups in total. The van der Waals surface area contributed by atoms with Gasteiger partial charge in [0.2, 0.25) is 5.78 Å². The van der Waals surface area contributed by atoms with Crippen LogP contribution in [0.5, 0.6) is 5.75 Å². The molecule has 0 spiro atoms. The zero-order valence-electron chi connectivity index (χ0n) is 27.5. The third kappa shape index (κ3) is 4.84. The van der Waals surface area contributed by atoms with Crippen molar-refractivity contribution in [2.75, 3.05) is 0 Å². The summed E-state index contributed by atoms with van der Waals surface area (Å²) in [4.78, 5) is 53.2. The number of hydrogen-bond acceptors (Lipinski definition) is 8. The monoisotopic (exact) mass is 628 g/mol. The topological polar surface area (TPSA) is 149 Å². The molecule has 8 nitrogen and oxygen atoms in total. The summed E-state index contributed by atoms with van der Waals surface area (Å²) in [7, 11) is 0. The summed E-state index contributed by atoms with van der Waals surface area (Å²) in [6, 6.07) is 10.8. The minimum Gasteiger partial charge on any atom is -0.508 e. The molecular weight excluding hydrogens is 584 g/mol. The number of Topliss-reactive ketones (excluding diaryl/α,β-unsaturated/α-hetero) is 4. The number of aromatic hydroxyl groups is 1. The molecular formula is C38H44O8. The Morgan fingerprint density at radius 3 is 2.22 bits per heavy atom. The van der Waals surface area contributed by atoms with Gasteiger partial charge in [0.1, 0.15) is 28.6 Å². The predicted octanol–water partition coefficient (Wildman–Crippen LogP) is 6.55. The molecule has 2 aromatic carbocycles. The van der Waals surface area contributed by atoms with Gasteiger partial charge in [-0.25, -0.2) is 0 Å². The van der Waals surface area contributed by atoms with Gasteiger partial charge in [-0.1, -0.05) is 77.8 Å². The molecule has 0 aromatic heterocycles. The molecule has 3 aliphatic carbocycles. The highest BCUT2D eigenvalue weighted by atomic mass is 16.3. The molecule has 0 heterocycles. The largest absolute Gasteiger partial charge is 0.508 e. The van der Waals surface area contributed by atoms with Crippen molar-refractivity contribution in [3.63, 3.8) is 0 Å². The van der Waals surface area contributed by atoms with E-state index in [9.17, 15) is 39.6 Å². The maximum Gasteiger partial charge on any atom is 0.203 e. The maximum absolute atomic E-state index is 14.5. The Labute approximate surface area is 269 Å². The number of carbonyl (C=O) groups excluding carboxylic acids is 4. The number of allylic oxidation sites excluding steroid dienone is 1. The number of phenols is 1. The first-order valence-electron chi connectivity index (χ1n) is 16.2. The fraction of sp³-hybridized carbons (Fsp3) is 0.474. The van der Waals surface area contributed by atoms with E-state index in [1.807, 2.05) is 24.3 Å². The van der Waals surface area contributed by atoms with Gasteiger partial charge in [-0.15, -0.1) is 0 Å². The number of rotatable bonds is 9. The molecule has 0 amide bonds. The quantitative estimate of drug-likeness (QED) is 0.180. The van der Waals surface area contributed by atoms with Crippen LogP contribution in [0.2, 0.25) is 0 Å². The number of aliphatic hydroxyl groups is 3. The molecule has 0 radical (unpaired) electrons. The zero-order chi connectivity index (χ0) is 33.9. The average Bonchev–Trinajstić information content (AvgIpc) is 2.95. The molecule has 2 aromatic rings. The summed E-state index contributed by atoms with van der Waals surface area (Å²) < 4.78 is 0. The highest BCUT2D eigenvalue weighted by molar-refractivity contribution is 6.24. The minimum atomic E-state index is -2.64. The van der Waals surface area contributed by atoms with Crippen molar-refractivity contribution in [1.82, 2.24) is 0 Å². The number of ketones is 4. The maximum atomic E-state index is 14.5. The Morgan fingerprint density at radius 2 is 1.63 bits per heavy atom.